The van der Waals surface area contributed by atoms with E-state index in [0.717, 1.165) is 5.56 Å². The summed E-state index contributed by atoms with van der Waals surface area (Å²) in [5, 5.41) is 0. The van der Waals surface area contributed by atoms with Crippen LogP contribution >= 0.6 is 0 Å². The van der Waals surface area contributed by atoms with Gasteiger partial charge in [-0.25, -0.2) is 0 Å². The highest BCUT2D eigenvalue weighted by Crippen LogP contribution is 2.23. The van der Waals surface area contributed by atoms with Crippen molar-refractivity contribution in [3.63, 3.8) is 0 Å². The number of pyridine rings is 1. The van der Waals surface area contributed by atoms with Crippen LogP contribution in [0.1, 0.15) is 11.6 Å². The van der Waals surface area contributed by atoms with E-state index in [4.69, 9.17) is 0 Å². The summed E-state index contributed by atoms with van der Waals surface area (Å²) in [6, 6.07) is 3.63. The molecule has 5 nitrogen and oxygen atoms in total. The number of nitrogens with zero attached hydrogens (tertiary/aromatic N) is 3. The molecule has 1 aromatic heterocycles. The first-order valence-corrected chi connectivity index (χ1v) is 5.03. The van der Waals surface area contributed by atoms with Gasteiger partial charge in [0, 0.05) is 33.0 Å². The summed E-state index contributed by atoms with van der Waals surface area (Å²) in [7, 11) is 3.29. The van der Waals surface area contributed by atoms with Crippen molar-refractivity contribution in [2.75, 3.05) is 20.6 Å². The van der Waals surface area contributed by atoms with E-state index in [-0.39, 0.29) is 6.04 Å². The van der Waals surface area contributed by atoms with Crippen molar-refractivity contribution in [3.05, 3.63) is 30.1 Å². The predicted molar refractivity (Wildman–Crippen MR) is 57.4 cm³/mol. The second-order valence-corrected chi connectivity index (χ2v) is 3.90. The van der Waals surface area contributed by atoms with Crippen molar-refractivity contribution >= 4 is 11.8 Å². The summed E-state index contributed by atoms with van der Waals surface area (Å²) in [5.41, 5.74) is 0.991. The first-order chi connectivity index (χ1) is 7.61. The minimum absolute atomic E-state index is 0.0850. The van der Waals surface area contributed by atoms with Crippen molar-refractivity contribution in [2.24, 2.45) is 0 Å². The van der Waals surface area contributed by atoms with Crippen LogP contribution in [0.4, 0.5) is 0 Å². The Hall–Kier alpha value is -1.91. The first-order valence-electron chi connectivity index (χ1n) is 5.03. The van der Waals surface area contributed by atoms with E-state index in [1.54, 1.807) is 26.5 Å². The maximum Gasteiger partial charge on any atom is 0.312 e. The molecular formula is C11H13N3O2. The van der Waals surface area contributed by atoms with Gasteiger partial charge >= 0.3 is 11.8 Å². The molecule has 0 N–H and O–H groups in total. The number of rotatable bonds is 1. The fraction of sp³-hybridized carbons (Fsp3) is 0.364. The van der Waals surface area contributed by atoms with E-state index in [1.165, 1.54) is 9.80 Å². The molecule has 5 heteroatoms. The fourth-order valence-corrected chi connectivity index (χ4v) is 1.84. The first kappa shape index (κ1) is 10.6. The third kappa shape index (κ3) is 1.64. The van der Waals surface area contributed by atoms with Gasteiger partial charge in [-0.2, -0.15) is 0 Å². The summed E-state index contributed by atoms with van der Waals surface area (Å²) in [6.07, 6.45) is 3.37. The lowest BCUT2D eigenvalue weighted by molar-refractivity contribution is -0.156. The molecule has 0 bridgehead atoms. The summed E-state index contributed by atoms with van der Waals surface area (Å²) in [6.45, 7) is 0.519. The largest absolute Gasteiger partial charge is 0.335 e. The molecule has 1 aromatic rings. The van der Waals surface area contributed by atoms with Gasteiger partial charge in [-0.1, -0.05) is 0 Å². The lowest BCUT2D eigenvalue weighted by Crippen LogP contribution is -2.52. The fourth-order valence-electron chi connectivity index (χ4n) is 1.84. The Kier molecular flexibility index (Phi) is 2.60. The smallest absolute Gasteiger partial charge is 0.312 e. The standard InChI is InChI=1S/C11H13N3O2/c1-13-7-9(8-3-5-12-6-4-8)14(2)11(16)10(13)15/h3-6,9H,7H2,1-2H3. The zero-order chi connectivity index (χ0) is 11.7. The second-order valence-electron chi connectivity index (χ2n) is 3.90. The Labute approximate surface area is 93.7 Å². The van der Waals surface area contributed by atoms with Gasteiger partial charge in [0.05, 0.1) is 6.04 Å². The molecule has 1 aliphatic rings. The average Bonchev–Trinajstić information content (AvgIpc) is 2.32. The van der Waals surface area contributed by atoms with E-state index in [0.29, 0.717) is 6.54 Å². The molecule has 16 heavy (non-hydrogen) atoms. The highest BCUT2D eigenvalue weighted by Gasteiger charge is 2.35. The lowest BCUT2D eigenvalue weighted by atomic mass is 10.0. The van der Waals surface area contributed by atoms with Gasteiger partial charge < -0.3 is 9.80 Å². The van der Waals surface area contributed by atoms with Crippen LogP contribution in [-0.4, -0.2) is 47.2 Å². The number of hydrogen-bond donors (Lipinski definition) is 0. The molecule has 2 amide bonds. The van der Waals surface area contributed by atoms with E-state index in [9.17, 15) is 9.59 Å². The number of aromatic nitrogens is 1. The molecule has 1 atom stereocenters. The predicted octanol–water partition coefficient (Wildman–Crippen LogP) is 0.0531. The molecular weight excluding hydrogens is 206 g/mol. The molecule has 84 valence electrons. The van der Waals surface area contributed by atoms with Crippen molar-refractivity contribution in [3.8, 4) is 0 Å². The van der Waals surface area contributed by atoms with E-state index in [2.05, 4.69) is 4.98 Å². The van der Waals surface area contributed by atoms with Gasteiger partial charge in [-0.15, -0.1) is 0 Å². The Balaban J connectivity index is 2.30. The molecule has 0 saturated carbocycles. The molecule has 0 aliphatic carbocycles. The number of carbonyl (C=O) groups is 2. The normalized spacial score (nSPS) is 21.5. The Morgan fingerprint density at radius 3 is 2.44 bits per heavy atom. The maximum atomic E-state index is 11.6. The van der Waals surface area contributed by atoms with Crippen LogP contribution in [0.2, 0.25) is 0 Å². The molecule has 2 rings (SSSR count). The number of amides is 2. The van der Waals surface area contributed by atoms with Gasteiger partial charge in [0.1, 0.15) is 0 Å². The molecule has 1 aliphatic heterocycles. The minimum Gasteiger partial charge on any atom is -0.335 e. The number of piperazine rings is 1. The average molecular weight is 219 g/mol. The van der Waals surface area contributed by atoms with E-state index >= 15 is 0 Å². The van der Waals surface area contributed by atoms with Crippen LogP contribution in [0.15, 0.2) is 24.5 Å². The van der Waals surface area contributed by atoms with Gasteiger partial charge in [0.25, 0.3) is 0 Å². The van der Waals surface area contributed by atoms with Crippen LogP contribution < -0.4 is 0 Å². The molecule has 1 unspecified atom stereocenters. The highest BCUT2D eigenvalue weighted by molar-refractivity contribution is 6.35. The van der Waals surface area contributed by atoms with Crippen LogP contribution in [-0.2, 0) is 9.59 Å². The monoisotopic (exact) mass is 219 g/mol. The molecule has 1 saturated heterocycles. The van der Waals surface area contributed by atoms with Crippen LogP contribution in [0.5, 0.6) is 0 Å². The van der Waals surface area contributed by atoms with Crippen molar-refractivity contribution < 1.29 is 9.59 Å². The molecule has 0 spiro atoms. The Morgan fingerprint density at radius 1 is 1.19 bits per heavy atom. The third-order valence-electron chi connectivity index (χ3n) is 2.86. The van der Waals surface area contributed by atoms with E-state index < -0.39 is 11.8 Å². The van der Waals surface area contributed by atoms with Gasteiger partial charge in [0.2, 0.25) is 0 Å². The minimum atomic E-state index is -0.462. The highest BCUT2D eigenvalue weighted by atomic mass is 16.2. The summed E-state index contributed by atoms with van der Waals surface area (Å²) < 4.78 is 0. The van der Waals surface area contributed by atoms with Crippen LogP contribution in [0.3, 0.4) is 0 Å². The zero-order valence-corrected chi connectivity index (χ0v) is 9.25. The van der Waals surface area contributed by atoms with Gasteiger partial charge in [-0.3, -0.25) is 14.6 Å². The van der Waals surface area contributed by atoms with Gasteiger partial charge in [0.15, 0.2) is 0 Å². The van der Waals surface area contributed by atoms with Crippen LogP contribution in [0.25, 0.3) is 0 Å². The summed E-state index contributed by atoms with van der Waals surface area (Å²) in [4.78, 5) is 29.9. The van der Waals surface area contributed by atoms with Crippen molar-refractivity contribution in [2.45, 2.75) is 6.04 Å². The number of carbonyl (C=O) groups excluding carboxylic acids is 2. The summed E-state index contributed by atoms with van der Waals surface area (Å²) >= 11 is 0. The maximum absolute atomic E-state index is 11.6. The number of likely N-dealkylation sites (N-methyl/N-ethyl adjacent to an activating group) is 2. The van der Waals surface area contributed by atoms with E-state index in [1.807, 2.05) is 12.1 Å². The Bertz CT molecular complexity index is 418. The van der Waals surface area contributed by atoms with Crippen molar-refractivity contribution in [1.29, 1.82) is 0 Å². The summed E-state index contributed by atoms with van der Waals surface area (Å²) in [5.74, 6) is -0.914. The van der Waals surface area contributed by atoms with Crippen molar-refractivity contribution in [1.82, 2.24) is 14.8 Å². The molecule has 1 fully saturated rings. The lowest BCUT2D eigenvalue weighted by Gasteiger charge is -2.36. The number of hydrogen-bond acceptors (Lipinski definition) is 3. The zero-order valence-electron chi connectivity index (χ0n) is 9.25. The molecule has 2 heterocycles. The second kappa shape index (κ2) is 3.92. The third-order valence-corrected chi connectivity index (χ3v) is 2.86. The van der Waals surface area contributed by atoms with Crippen LogP contribution in [0, 0.1) is 0 Å². The van der Waals surface area contributed by atoms with Gasteiger partial charge in [-0.05, 0) is 17.7 Å². The molecule has 0 radical (unpaired) electrons. The quantitative estimate of drug-likeness (QED) is 0.627. The topological polar surface area (TPSA) is 53.5 Å². The molecule has 0 aromatic carbocycles. The Morgan fingerprint density at radius 2 is 1.81 bits per heavy atom. The SMILES string of the molecule is CN1CC(c2ccncc2)N(C)C(=O)C1=O.